The SMILES string of the molecule is Cc1cc(NCc2ccc(Cl)nc2)ccc1C(F)(F)F. The highest BCUT2D eigenvalue weighted by atomic mass is 35.5. The molecule has 0 bridgehead atoms. The minimum absolute atomic E-state index is 0.191. The highest BCUT2D eigenvalue weighted by molar-refractivity contribution is 6.29. The number of hydrogen-bond acceptors (Lipinski definition) is 2. The summed E-state index contributed by atoms with van der Waals surface area (Å²) in [5.74, 6) is 0. The molecule has 1 N–H and O–H groups in total. The van der Waals surface area contributed by atoms with Crippen molar-refractivity contribution in [2.75, 3.05) is 5.32 Å². The van der Waals surface area contributed by atoms with Crippen LogP contribution in [0.3, 0.4) is 0 Å². The van der Waals surface area contributed by atoms with Crippen LogP contribution in [-0.2, 0) is 12.7 Å². The molecule has 0 amide bonds. The van der Waals surface area contributed by atoms with Crippen molar-refractivity contribution in [1.29, 1.82) is 0 Å². The molecular weight excluding hydrogens is 289 g/mol. The van der Waals surface area contributed by atoms with E-state index < -0.39 is 11.7 Å². The number of nitrogens with zero attached hydrogens (tertiary/aromatic N) is 1. The first-order valence-electron chi connectivity index (χ1n) is 5.88. The lowest BCUT2D eigenvalue weighted by Crippen LogP contribution is -2.08. The van der Waals surface area contributed by atoms with Crippen LogP contribution in [0.25, 0.3) is 0 Å². The minimum Gasteiger partial charge on any atom is -0.381 e. The number of pyridine rings is 1. The van der Waals surface area contributed by atoms with Crippen molar-refractivity contribution < 1.29 is 13.2 Å². The fourth-order valence-electron chi connectivity index (χ4n) is 1.81. The maximum atomic E-state index is 12.6. The Bertz CT molecular complexity index is 594. The molecule has 0 aliphatic rings. The van der Waals surface area contributed by atoms with Crippen molar-refractivity contribution in [2.45, 2.75) is 19.6 Å². The summed E-state index contributed by atoms with van der Waals surface area (Å²) in [6, 6.07) is 7.44. The van der Waals surface area contributed by atoms with E-state index in [1.54, 1.807) is 18.3 Å². The second-order valence-corrected chi connectivity index (χ2v) is 4.76. The van der Waals surface area contributed by atoms with Gasteiger partial charge in [0, 0.05) is 18.4 Å². The van der Waals surface area contributed by atoms with Crippen molar-refractivity contribution in [2.24, 2.45) is 0 Å². The summed E-state index contributed by atoms with van der Waals surface area (Å²) in [7, 11) is 0. The van der Waals surface area contributed by atoms with Crippen LogP contribution in [0, 0.1) is 6.92 Å². The molecule has 6 heteroatoms. The highest BCUT2D eigenvalue weighted by Gasteiger charge is 2.32. The molecule has 2 nitrogen and oxygen atoms in total. The van der Waals surface area contributed by atoms with Gasteiger partial charge in [0.15, 0.2) is 0 Å². The minimum atomic E-state index is -4.32. The number of halogens is 4. The Hall–Kier alpha value is -1.75. The molecule has 0 aliphatic carbocycles. The molecule has 0 fully saturated rings. The van der Waals surface area contributed by atoms with Gasteiger partial charge in [0.05, 0.1) is 5.56 Å². The Balaban J connectivity index is 2.07. The van der Waals surface area contributed by atoms with Crippen LogP contribution < -0.4 is 5.32 Å². The number of nitrogens with one attached hydrogen (secondary N) is 1. The van der Waals surface area contributed by atoms with Gasteiger partial charge in [-0.15, -0.1) is 0 Å². The highest BCUT2D eigenvalue weighted by Crippen LogP contribution is 2.32. The molecule has 1 aromatic carbocycles. The van der Waals surface area contributed by atoms with E-state index in [1.807, 2.05) is 0 Å². The maximum Gasteiger partial charge on any atom is 0.416 e. The van der Waals surface area contributed by atoms with E-state index in [-0.39, 0.29) is 5.56 Å². The lowest BCUT2D eigenvalue weighted by Gasteiger charge is -2.12. The standard InChI is InChI=1S/C14H12ClF3N2/c1-9-6-11(3-4-12(9)14(16,17)18)19-7-10-2-5-13(15)20-8-10/h2-6,8,19H,7H2,1H3. The third-order valence-corrected chi connectivity index (χ3v) is 3.04. The Morgan fingerprint density at radius 1 is 1.20 bits per heavy atom. The lowest BCUT2D eigenvalue weighted by atomic mass is 10.1. The zero-order valence-corrected chi connectivity index (χ0v) is 11.4. The zero-order chi connectivity index (χ0) is 14.8. The molecule has 1 aromatic heterocycles. The molecule has 0 aliphatic heterocycles. The van der Waals surface area contributed by atoms with Gasteiger partial charge in [-0.2, -0.15) is 13.2 Å². The number of hydrogen-bond donors (Lipinski definition) is 1. The summed E-state index contributed by atoms with van der Waals surface area (Å²) in [6.45, 7) is 1.91. The summed E-state index contributed by atoms with van der Waals surface area (Å²) in [5.41, 5.74) is 1.10. The zero-order valence-electron chi connectivity index (χ0n) is 10.6. The number of alkyl halides is 3. The predicted octanol–water partition coefficient (Wildman–Crippen LogP) is 4.67. The van der Waals surface area contributed by atoms with E-state index >= 15 is 0 Å². The lowest BCUT2D eigenvalue weighted by molar-refractivity contribution is -0.138. The molecule has 2 rings (SSSR count). The number of aromatic nitrogens is 1. The number of benzene rings is 1. The average Bonchev–Trinajstić information content (AvgIpc) is 2.36. The van der Waals surface area contributed by atoms with Crippen LogP contribution in [0.4, 0.5) is 18.9 Å². The monoisotopic (exact) mass is 300 g/mol. The van der Waals surface area contributed by atoms with Gasteiger partial charge in [-0.25, -0.2) is 4.98 Å². The van der Waals surface area contributed by atoms with Crippen LogP contribution in [0.2, 0.25) is 5.15 Å². The first kappa shape index (κ1) is 14.7. The Labute approximate surface area is 119 Å². The van der Waals surface area contributed by atoms with Gasteiger partial charge in [-0.05, 0) is 42.3 Å². The molecule has 0 spiro atoms. The molecule has 0 unspecified atom stereocenters. The second-order valence-electron chi connectivity index (χ2n) is 4.37. The molecule has 0 radical (unpaired) electrons. The van der Waals surface area contributed by atoms with Gasteiger partial charge >= 0.3 is 6.18 Å². The second kappa shape index (κ2) is 5.71. The van der Waals surface area contributed by atoms with Crippen molar-refractivity contribution >= 4 is 17.3 Å². The van der Waals surface area contributed by atoms with Gasteiger partial charge in [0.25, 0.3) is 0 Å². The third-order valence-electron chi connectivity index (χ3n) is 2.82. The first-order chi connectivity index (χ1) is 9.36. The van der Waals surface area contributed by atoms with Crippen LogP contribution in [0.1, 0.15) is 16.7 Å². The third kappa shape index (κ3) is 3.63. The fourth-order valence-corrected chi connectivity index (χ4v) is 1.92. The summed E-state index contributed by atoms with van der Waals surface area (Å²) >= 11 is 5.67. The Morgan fingerprint density at radius 2 is 1.95 bits per heavy atom. The number of rotatable bonds is 3. The van der Waals surface area contributed by atoms with Crippen molar-refractivity contribution in [3.63, 3.8) is 0 Å². The Morgan fingerprint density at radius 3 is 2.50 bits per heavy atom. The molecule has 1 heterocycles. The van der Waals surface area contributed by atoms with Crippen molar-refractivity contribution in [1.82, 2.24) is 4.98 Å². The van der Waals surface area contributed by atoms with E-state index in [9.17, 15) is 13.2 Å². The molecule has 2 aromatic rings. The van der Waals surface area contributed by atoms with E-state index in [0.717, 1.165) is 11.6 Å². The smallest absolute Gasteiger partial charge is 0.381 e. The molecular formula is C14H12ClF3N2. The Kier molecular flexibility index (Phi) is 4.18. The van der Waals surface area contributed by atoms with Crippen LogP contribution in [0.15, 0.2) is 36.5 Å². The van der Waals surface area contributed by atoms with Gasteiger partial charge in [0.1, 0.15) is 5.15 Å². The van der Waals surface area contributed by atoms with Crippen LogP contribution >= 0.6 is 11.6 Å². The summed E-state index contributed by atoms with van der Waals surface area (Å²) < 4.78 is 37.9. The van der Waals surface area contributed by atoms with Gasteiger partial charge in [0.2, 0.25) is 0 Å². The molecule has 0 atom stereocenters. The first-order valence-corrected chi connectivity index (χ1v) is 6.26. The maximum absolute atomic E-state index is 12.6. The van der Waals surface area contributed by atoms with Crippen molar-refractivity contribution in [3.8, 4) is 0 Å². The fraction of sp³-hybridized carbons (Fsp3) is 0.214. The van der Waals surface area contributed by atoms with E-state index in [0.29, 0.717) is 17.4 Å². The van der Waals surface area contributed by atoms with Gasteiger partial charge in [-0.1, -0.05) is 17.7 Å². The topological polar surface area (TPSA) is 24.9 Å². The van der Waals surface area contributed by atoms with E-state index in [1.165, 1.54) is 19.1 Å². The molecule has 0 saturated carbocycles. The quantitative estimate of drug-likeness (QED) is 0.833. The normalized spacial score (nSPS) is 11.4. The molecule has 0 saturated heterocycles. The average molecular weight is 301 g/mol. The largest absolute Gasteiger partial charge is 0.416 e. The van der Waals surface area contributed by atoms with E-state index in [4.69, 9.17) is 11.6 Å². The predicted molar refractivity (Wildman–Crippen MR) is 72.8 cm³/mol. The number of anilines is 1. The van der Waals surface area contributed by atoms with E-state index in [2.05, 4.69) is 10.3 Å². The molecule has 106 valence electrons. The number of aryl methyl sites for hydroxylation is 1. The molecule has 20 heavy (non-hydrogen) atoms. The van der Waals surface area contributed by atoms with Gasteiger partial charge < -0.3 is 5.32 Å². The summed E-state index contributed by atoms with van der Waals surface area (Å²) in [6.07, 6.45) is -2.70. The van der Waals surface area contributed by atoms with Crippen molar-refractivity contribution in [3.05, 3.63) is 58.4 Å². The van der Waals surface area contributed by atoms with Crippen LogP contribution in [0.5, 0.6) is 0 Å². The van der Waals surface area contributed by atoms with Crippen LogP contribution in [-0.4, -0.2) is 4.98 Å². The summed E-state index contributed by atoms with van der Waals surface area (Å²) in [4.78, 5) is 3.93. The summed E-state index contributed by atoms with van der Waals surface area (Å²) in [5, 5.41) is 3.45. The van der Waals surface area contributed by atoms with Gasteiger partial charge in [-0.3, -0.25) is 0 Å².